The first-order valence-corrected chi connectivity index (χ1v) is 8.47. The lowest BCUT2D eigenvalue weighted by atomic mass is 10.2. The summed E-state index contributed by atoms with van der Waals surface area (Å²) in [4.78, 5) is 2.92. The molecule has 0 amide bonds. The van der Waals surface area contributed by atoms with Gasteiger partial charge in [0.05, 0.1) is 13.2 Å². The molecule has 0 aliphatic carbocycles. The topological polar surface area (TPSA) is 22.9 Å². The van der Waals surface area contributed by atoms with E-state index < -0.39 is 0 Å². The highest BCUT2D eigenvalue weighted by atomic mass is 32.2. The minimum Gasteiger partial charge on any atom is -0.375 e. The lowest BCUT2D eigenvalue weighted by molar-refractivity contribution is -0.915. The van der Waals surface area contributed by atoms with Crippen LogP contribution in [0, 0.1) is 0 Å². The van der Waals surface area contributed by atoms with Crippen LogP contribution in [0.15, 0.2) is 35.2 Å². The van der Waals surface area contributed by atoms with Crippen molar-refractivity contribution in [2.24, 2.45) is 0 Å². The number of morpholine rings is 1. The number of ether oxygens (including phenoxy) is 2. The zero-order valence-corrected chi connectivity index (χ0v) is 13.3. The van der Waals surface area contributed by atoms with Gasteiger partial charge in [0.25, 0.3) is 0 Å². The molecule has 1 fully saturated rings. The summed E-state index contributed by atoms with van der Waals surface area (Å²) in [7, 11) is 0. The quantitative estimate of drug-likeness (QED) is 0.609. The van der Waals surface area contributed by atoms with Crippen molar-refractivity contribution in [1.29, 1.82) is 0 Å². The number of quaternary nitrogens is 1. The minimum absolute atomic E-state index is 0.377. The molecule has 0 saturated carbocycles. The van der Waals surface area contributed by atoms with Crippen molar-refractivity contribution < 1.29 is 14.4 Å². The van der Waals surface area contributed by atoms with Crippen LogP contribution < -0.4 is 4.90 Å². The van der Waals surface area contributed by atoms with Crippen molar-refractivity contribution in [3.05, 3.63) is 30.3 Å². The normalized spacial score (nSPS) is 26.6. The molecule has 1 heterocycles. The summed E-state index contributed by atoms with van der Waals surface area (Å²) < 4.78 is 11.5. The first-order valence-electron chi connectivity index (χ1n) is 7.48. The van der Waals surface area contributed by atoms with Crippen molar-refractivity contribution in [1.82, 2.24) is 0 Å². The van der Waals surface area contributed by atoms with Crippen LogP contribution in [-0.4, -0.2) is 50.8 Å². The first-order chi connectivity index (χ1) is 9.74. The average Bonchev–Trinajstić information content (AvgIpc) is 2.43. The molecule has 1 aromatic carbocycles. The summed E-state index contributed by atoms with van der Waals surface area (Å²) in [5.74, 6) is 1.02. The van der Waals surface area contributed by atoms with Gasteiger partial charge in [-0.2, -0.15) is 0 Å². The SMILES string of the molecule is C[C@@H]1C[NH+](CCOCCSc2ccccc2)C[C@H](C)O1. The lowest BCUT2D eigenvalue weighted by Crippen LogP contribution is -3.15. The average molecular weight is 296 g/mol. The molecule has 1 unspecified atom stereocenters. The minimum atomic E-state index is 0.377. The molecule has 3 atom stereocenters. The number of nitrogens with one attached hydrogen (secondary N) is 1. The van der Waals surface area contributed by atoms with Crippen molar-refractivity contribution in [2.75, 3.05) is 38.6 Å². The smallest absolute Gasteiger partial charge is 0.104 e. The Morgan fingerprint density at radius 3 is 2.55 bits per heavy atom. The van der Waals surface area contributed by atoms with Gasteiger partial charge in [-0.15, -0.1) is 11.8 Å². The fourth-order valence-electron chi connectivity index (χ4n) is 2.65. The largest absolute Gasteiger partial charge is 0.375 e. The molecule has 3 nitrogen and oxygen atoms in total. The van der Waals surface area contributed by atoms with Gasteiger partial charge in [0.15, 0.2) is 0 Å². The Kier molecular flexibility index (Phi) is 6.87. The third-order valence-electron chi connectivity index (χ3n) is 3.46. The van der Waals surface area contributed by atoms with Crippen molar-refractivity contribution >= 4 is 11.8 Å². The number of thioether (sulfide) groups is 1. The van der Waals surface area contributed by atoms with Crippen LogP contribution >= 0.6 is 11.8 Å². The third-order valence-corrected chi connectivity index (χ3v) is 4.43. The molecule has 4 heteroatoms. The number of benzene rings is 1. The number of rotatable bonds is 7. The van der Waals surface area contributed by atoms with E-state index in [1.165, 1.54) is 4.90 Å². The van der Waals surface area contributed by atoms with Crippen molar-refractivity contribution in [3.63, 3.8) is 0 Å². The summed E-state index contributed by atoms with van der Waals surface area (Å²) in [6, 6.07) is 10.5. The van der Waals surface area contributed by atoms with Crippen molar-refractivity contribution in [3.8, 4) is 0 Å². The highest BCUT2D eigenvalue weighted by Gasteiger charge is 2.24. The van der Waals surface area contributed by atoms with E-state index in [0.29, 0.717) is 12.2 Å². The van der Waals surface area contributed by atoms with Gasteiger partial charge in [0.1, 0.15) is 31.8 Å². The monoisotopic (exact) mass is 296 g/mol. The van der Waals surface area contributed by atoms with Gasteiger partial charge >= 0.3 is 0 Å². The molecule has 0 spiro atoms. The van der Waals surface area contributed by atoms with E-state index in [0.717, 1.165) is 38.6 Å². The van der Waals surface area contributed by atoms with E-state index in [4.69, 9.17) is 9.47 Å². The van der Waals surface area contributed by atoms with E-state index in [1.54, 1.807) is 4.90 Å². The van der Waals surface area contributed by atoms with Gasteiger partial charge < -0.3 is 14.4 Å². The molecule has 1 saturated heterocycles. The van der Waals surface area contributed by atoms with Gasteiger partial charge in [-0.05, 0) is 26.0 Å². The molecule has 1 aliphatic rings. The fraction of sp³-hybridized carbons (Fsp3) is 0.625. The molecule has 2 rings (SSSR count). The van der Waals surface area contributed by atoms with Crippen LogP contribution in [-0.2, 0) is 9.47 Å². The van der Waals surface area contributed by atoms with Gasteiger partial charge in [0, 0.05) is 10.6 Å². The molecule has 0 radical (unpaired) electrons. The molecule has 0 bridgehead atoms. The van der Waals surface area contributed by atoms with Crippen molar-refractivity contribution in [2.45, 2.75) is 31.0 Å². The number of hydrogen-bond acceptors (Lipinski definition) is 3. The summed E-state index contributed by atoms with van der Waals surface area (Å²) in [6.07, 6.45) is 0.754. The predicted octanol–water partition coefficient (Wildman–Crippen LogP) is 1.49. The maximum atomic E-state index is 5.75. The predicted molar refractivity (Wildman–Crippen MR) is 83.6 cm³/mol. The van der Waals surface area contributed by atoms with E-state index in [-0.39, 0.29) is 0 Å². The van der Waals surface area contributed by atoms with E-state index >= 15 is 0 Å². The Labute approximate surface area is 126 Å². The maximum absolute atomic E-state index is 5.75. The summed E-state index contributed by atoms with van der Waals surface area (Å²) in [5.41, 5.74) is 0. The van der Waals surface area contributed by atoms with Gasteiger partial charge in [-0.3, -0.25) is 0 Å². The fourth-order valence-corrected chi connectivity index (χ4v) is 3.43. The Hall–Kier alpha value is -0.550. The highest BCUT2D eigenvalue weighted by molar-refractivity contribution is 7.99. The number of hydrogen-bond donors (Lipinski definition) is 1. The van der Waals surface area contributed by atoms with Crippen LogP contribution in [0.25, 0.3) is 0 Å². The first kappa shape index (κ1) is 15.8. The highest BCUT2D eigenvalue weighted by Crippen LogP contribution is 2.16. The van der Waals surface area contributed by atoms with Crippen LogP contribution in [0.3, 0.4) is 0 Å². The molecule has 20 heavy (non-hydrogen) atoms. The van der Waals surface area contributed by atoms with E-state index in [2.05, 4.69) is 38.1 Å². The summed E-state index contributed by atoms with van der Waals surface area (Å²) >= 11 is 1.86. The van der Waals surface area contributed by atoms with Gasteiger partial charge in [0.2, 0.25) is 0 Å². The second-order valence-electron chi connectivity index (χ2n) is 5.44. The summed E-state index contributed by atoms with van der Waals surface area (Å²) in [5, 5.41) is 0. The maximum Gasteiger partial charge on any atom is 0.104 e. The third kappa shape index (κ3) is 5.83. The Bertz CT molecular complexity index is 364. The zero-order valence-electron chi connectivity index (χ0n) is 12.5. The standard InChI is InChI=1S/C16H25NO2S/c1-14-12-17(13-15(2)19-14)8-9-18-10-11-20-16-6-4-3-5-7-16/h3-7,14-15H,8-13H2,1-2H3/p+1/t14-,15+. The second-order valence-corrected chi connectivity index (χ2v) is 6.61. The molecule has 1 N–H and O–H groups in total. The molecular weight excluding hydrogens is 270 g/mol. The van der Waals surface area contributed by atoms with Gasteiger partial charge in [-0.1, -0.05) is 18.2 Å². The van der Waals surface area contributed by atoms with E-state index in [9.17, 15) is 0 Å². The molecule has 0 aromatic heterocycles. The van der Waals surface area contributed by atoms with Gasteiger partial charge in [-0.25, -0.2) is 0 Å². The Morgan fingerprint density at radius 2 is 1.85 bits per heavy atom. The Morgan fingerprint density at radius 1 is 1.15 bits per heavy atom. The Balaban J connectivity index is 1.51. The van der Waals surface area contributed by atoms with E-state index in [1.807, 2.05) is 17.8 Å². The molecule has 112 valence electrons. The second kappa shape index (κ2) is 8.67. The van der Waals surface area contributed by atoms with Crippen LogP contribution in [0.2, 0.25) is 0 Å². The summed E-state index contributed by atoms with van der Waals surface area (Å²) in [6.45, 7) is 9.30. The van der Waals surface area contributed by atoms with Crippen LogP contribution in [0.5, 0.6) is 0 Å². The zero-order chi connectivity index (χ0) is 14.2. The van der Waals surface area contributed by atoms with Crippen LogP contribution in [0.4, 0.5) is 0 Å². The molecular formula is C16H26NO2S+. The molecule has 1 aromatic rings. The molecule has 1 aliphatic heterocycles. The van der Waals surface area contributed by atoms with Crippen LogP contribution in [0.1, 0.15) is 13.8 Å². The lowest BCUT2D eigenvalue weighted by Gasteiger charge is -2.32.